The fourth-order valence-corrected chi connectivity index (χ4v) is 2.58. The molecule has 0 unspecified atom stereocenters. The van der Waals surface area contributed by atoms with Crippen molar-refractivity contribution in [3.05, 3.63) is 58.3 Å². The van der Waals surface area contributed by atoms with Crippen LogP contribution in [-0.2, 0) is 6.54 Å². The number of fused-ring (bicyclic) bond motifs is 1. The number of rotatable bonds is 3. The lowest BCUT2D eigenvalue weighted by atomic mass is 10.1. The minimum absolute atomic E-state index is 0.218. The molecule has 0 radical (unpaired) electrons. The van der Waals surface area contributed by atoms with Crippen LogP contribution >= 0.6 is 0 Å². The van der Waals surface area contributed by atoms with Crippen LogP contribution in [0.1, 0.15) is 23.1 Å². The molecule has 0 saturated heterocycles. The van der Waals surface area contributed by atoms with E-state index in [1.807, 2.05) is 19.9 Å². The fourth-order valence-electron chi connectivity index (χ4n) is 2.58. The van der Waals surface area contributed by atoms with E-state index in [4.69, 9.17) is 0 Å². The molecule has 116 valence electrons. The molecule has 0 fully saturated rings. The summed E-state index contributed by atoms with van der Waals surface area (Å²) in [5.41, 5.74) is 1.62. The standard InChI is InChI=1S/C17H15N3O3/c1-3-20-9-13(17(22)23)16(21)12-5-4-11(8-15(12)20)14-6-7-18-10(2)19-14/h4-9H,3H2,1-2H3,(H,22,23). The van der Waals surface area contributed by atoms with E-state index in [-0.39, 0.29) is 5.56 Å². The zero-order valence-corrected chi connectivity index (χ0v) is 12.8. The van der Waals surface area contributed by atoms with Crippen LogP contribution in [0.25, 0.3) is 22.2 Å². The lowest BCUT2D eigenvalue weighted by Gasteiger charge is -2.11. The van der Waals surface area contributed by atoms with Gasteiger partial charge in [-0.05, 0) is 32.0 Å². The van der Waals surface area contributed by atoms with E-state index in [0.717, 1.165) is 11.3 Å². The van der Waals surface area contributed by atoms with Crippen molar-refractivity contribution in [1.29, 1.82) is 0 Å². The number of nitrogens with zero attached hydrogens (tertiary/aromatic N) is 3. The molecule has 23 heavy (non-hydrogen) atoms. The van der Waals surface area contributed by atoms with Gasteiger partial charge in [-0.3, -0.25) is 4.79 Å². The second-order valence-electron chi connectivity index (χ2n) is 5.18. The molecule has 3 rings (SSSR count). The van der Waals surface area contributed by atoms with E-state index < -0.39 is 11.4 Å². The number of carbonyl (C=O) groups is 1. The first kappa shape index (κ1) is 14.9. The van der Waals surface area contributed by atoms with Gasteiger partial charge in [0.15, 0.2) is 0 Å². The van der Waals surface area contributed by atoms with Gasteiger partial charge in [0, 0.05) is 29.9 Å². The Morgan fingerprint density at radius 1 is 1.30 bits per heavy atom. The quantitative estimate of drug-likeness (QED) is 0.803. The molecule has 2 aromatic heterocycles. The van der Waals surface area contributed by atoms with Crippen molar-refractivity contribution in [2.75, 3.05) is 0 Å². The highest BCUT2D eigenvalue weighted by molar-refractivity contribution is 5.93. The van der Waals surface area contributed by atoms with Crippen molar-refractivity contribution in [1.82, 2.24) is 14.5 Å². The zero-order chi connectivity index (χ0) is 16.6. The smallest absolute Gasteiger partial charge is 0.341 e. The Morgan fingerprint density at radius 3 is 2.74 bits per heavy atom. The molecule has 6 nitrogen and oxygen atoms in total. The molecule has 0 aliphatic rings. The van der Waals surface area contributed by atoms with Crippen molar-refractivity contribution in [2.24, 2.45) is 0 Å². The minimum Gasteiger partial charge on any atom is -0.477 e. The van der Waals surface area contributed by atoms with Crippen molar-refractivity contribution >= 4 is 16.9 Å². The summed E-state index contributed by atoms with van der Waals surface area (Å²) < 4.78 is 1.76. The van der Waals surface area contributed by atoms with Gasteiger partial charge >= 0.3 is 5.97 Å². The normalized spacial score (nSPS) is 10.9. The molecule has 3 aromatic rings. The lowest BCUT2D eigenvalue weighted by molar-refractivity contribution is 0.0695. The van der Waals surface area contributed by atoms with E-state index in [9.17, 15) is 14.7 Å². The summed E-state index contributed by atoms with van der Waals surface area (Å²) in [6.45, 7) is 4.27. The number of carboxylic acids is 1. The molecule has 6 heteroatoms. The number of benzene rings is 1. The Morgan fingerprint density at radius 2 is 2.09 bits per heavy atom. The van der Waals surface area contributed by atoms with Crippen LogP contribution in [-0.4, -0.2) is 25.6 Å². The molecule has 0 bridgehead atoms. The summed E-state index contributed by atoms with van der Waals surface area (Å²) >= 11 is 0. The highest BCUT2D eigenvalue weighted by atomic mass is 16.4. The Kier molecular flexibility index (Phi) is 3.65. The molecule has 2 heterocycles. The van der Waals surface area contributed by atoms with Gasteiger partial charge in [0.05, 0.1) is 11.2 Å². The predicted octanol–water partition coefficient (Wildman–Crippen LogP) is 2.49. The predicted molar refractivity (Wildman–Crippen MR) is 86.6 cm³/mol. The van der Waals surface area contributed by atoms with E-state index in [1.165, 1.54) is 6.20 Å². The summed E-state index contributed by atoms with van der Waals surface area (Å²) in [6, 6.07) is 7.09. The minimum atomic E-state index is -1.21. The van der Waals surface area contributed by atoms with Gasteiger partial charge in [-0.2, -0.15) is 0 Å². The van der Waals surface area contributed by atoms with Crippen LogP contribution in [0.5, 0.6) is 0 Å². The summed E-state index contributed by atoms with van der Waals surface area (Å²) in [4.78, 5) is 32.0. The maximum absolute atomic E-state index is 12.3. The summed E-state index contributed by atoms with van der Waals surface area (Å²) in [6.07, 6.45) is 3.07. The number of pyridine rings is 1. The van der Waals surface area contributed by atoms with Crippen molar-refractivity contribution < 1.29 is 9.90 Å². The van der Waals surface area contributed by atoms with Gasteiger partial charge in [0.2, 0.25) is 5.43 Å². The largest absolute Gasteiger partial charge is 0.477 e. The first-order chi connectivity index (χ1) is 11.0. The van der Waals surface area contributed by atoms with Crippen LogP contribution in [0.4, 0.5) is 0 Å². The van der Waals surface area contributed by atoms with Gasteiger partial charge in [0.25, 0.3) is 0 Å². The van der Waals surface area contributed by atoms with Crippen LogP contribution in [0.2, 0.25) is 0 Å². The van der Waals surface area contributed by atoms with Crippen LogP contribution in [0.15, 0.2) is 41.5 Å². The lowest BCUT2D eigenvalue weighted by Crippen LogP contribution is -2.18. The fraction of sp³-hybridized carbons (Fsp3) is 0.176. The molecule has 0 spiro atoms. The number of hydrogen-bond acceptors (Lipinski definition) is 4. The average molecular weight is 309 g/mol. The van der Waals surface area contributed by atoms with Crippen LogP contribution in [0, 0.1) is 6.92 Å². The van der Waals surface area contributed by atoms with E-state index in [1.54, 1.807) is 29.0 Å². The Labute approximate surface area is 132 Å². The Bertz CT molecular complexity index is 976. The molecular weight excluding hydrogens is 294 g/mol. The van der Waals surface area contributed by atoms with Crippen molar-refractivity contribution in [3.8, 4) is 11.3 Å². The third-order valence-corrected chi connectivity index (χ3v) is 3.72. The molecule has 0 amide bonds. The van der Waals surface area contributed by atoms with Crippen molar-refractivity contribution in [2.45, 2.75) is 20.4 Å². The van der Waals surface area contributed by atoms with E-state index >= 15 is 0 Å². The van der Waals surface area contributed by atoms with Gasteiger partial charge in [-0.1, -0.05) is 6.07 Å². The maximum atomic E-state index is 12.3. The number of carboxylic acid groups (broad SMARTS) is 1. The average Bonchev–Trinajstić information content (AvgIpc) is 2.54. The third-order valence-electron chi connectivity index (χ3n) is 3.72. The first-order valence-corrected chi connectivity index (χ1v) is 7.21. The molecule has 0 aliphatic heterocycles. The van der Waals surface area contributed by atoms with E-state index in [2.05, 4.69) is 9.97 Å². The van der Waals surface area contributed by atoms with Crippen LogP contribution in [0.3, 0.4) is 0 Å². The van der Waals surface area contributed by atoms with Gasteiger partial charge in [-0.15, -0.1) is 0 Å². The number of aryl methyl sites for hydroxylation is 2. The second kappa shape index (κ2) is 5.64. The maximum Gasteiger partial charge on any atom is 0.341 e. The molecule has 0 saturated carbocycles. The number of hydrogen-bond donors (Lipinski definition) is 1. The number of aromatic nitrogens is 3. The monoisotopic (exact) mass is 309 g/mol. The van der Waals surface area contributed by atoms with Gasteiger partial charge < -0.3 is 9.67 Å². The second-order valence-corrected chi connectivity index (χ2v) is 5.18. The molecule has 1 aromatic carbocycles. The zero-order valence-electron chi connectivity index (χ0n) is 12.8. The SMILES string of the molecule is CCn1cc(C(=O)O)c(=O)c2ccc(-c3ccnc(C)n3)cc21. The summed E-state index contributed by atoms with van der Waals surface area (Å²) in [7, 11) is 0. The summed E-state index contributed by atoms with van der Waals surface area (Å²) in [5.74, 6) is -0.550. The van der Waals surface area contributed by atoms with Crippen molar-refractivity contribution in [3.63, 3.8) is 0 Å². The molecule has 0 atom stereocenters. The van der Waals surface area contributed by atoms with Gasteiger partial charge in [0.1, 0.15) is 11.4 Å². The Hall–Kier alpha value is -3.02. The van der Waals surface area contributed by atoms with E-state index in [0.29, 0.717) is 23.3 Å². The van der Waals surface area contributed by atoms with Gasteiger partial charge in [-0.25, -0.2) is 14.8 Å². The topological polar surface area (TPSA) is 85.1 Å². The summed E-state index contributed by atoms with van der Waals surface area (Å²) in [5, 5.41) is 9.57. The molecule has 0 aliphatic carbocycles. The first-order valence-electron chi connectivity index (χ1n) is 7.21. The molecule has 1 N–H and O–H groups in total. The molecular formula is C17H15N3O3. The highest BCUT2D eigenvalue weighted by Gasteiger charge is 2.14. The number of aromatic carboxylic acids is 1. The third kappa shape index (κ3) is 2.59. The van der Waals surface area contributed by atoms with Crippen LogP contribution < -0.4 is 5.43 Å². The highest BCUT2D eigenvalue weighted by Crippen LogP contribution is 2.22. The Balaban J connectivity index is 2.30.